The van der Waals surface area contributed by atoms with E-state index in [1.807, 2.05) is 0 Å². The minimum Gasteiger partial charge on any atom is -0.449 e. The van der Waals surface area contributed by atoms with Gasteiger partial charge in [-0.05, 0) is 13.0 Å². The molecule has 0 saturated heterocycles. The standard InChI is InChI=1S/C7H12O6/c1-2-5(13-7(11)12)6(10)4(9)3-8/h2,4,6,8-10H,3H2,1H3,(H,11,12)/b5-2+. The molecule has 0 saturated carbocycles. The summed E-state index contributed by atoms with van der Waals surface area (Å²) in [5.74, 6) is -0.311. The molecule has 13 heavy (non-hydrogen) atoms. The Morgan fingerprint density at radius 3 is 2.38 bits per heavy atom. The Morgan fingerprint density at radius 1 is 1.54 bits per heavy atom. The third-order valence-electron chi connectivity index (χ3n) is 1.33. The van der Waals surface area contributed by atoms with Gasteiger partial charge < -0.3 is 25.2 Å². The van der Waals surface area contributed by atoms with Crippen molar-refractivity contribution < 1.29 is 30.0 Å². The van der Waals surface area contributed by atoms with Crippen molar-refractivity contribution in [3.05, 3.63) is 11.8 Å². The van der Waals surface area contributed by atoms with E-state index in [0.29, 0.717) is 0 Å². The van der Waals surface area contributed by atoms with Crippen LogP contribution in [0.4, 0.5) is 4.79 Å². The Hall–Kier alpha value is -1.11. The summed E-state index contributed by atoms with van der Waals surface area (Å²) >= 11 is 0. The van der Waals surface area contributed by atoms with Crippen molar-refractivity contribution in [2.24, 2.45) is 0 Å². The van der Waals surface area contributed by atoms with Crippen LogP contribution in [0.3, 0.4) is 0 Å². The maximum atomic E-state index is 10.1. The highest BCUT2D eigenvalue weighted by atomic mass is 16.7. The van der Waals surface area contributed by atoms with Gasteiger partial charge in [-0.3, -0.25) is 0 Å². The second kappa shape index (κ2) is 5.52. The zero-order chi connectivity index (χ0) is 10.4. The zero-order valence-corrected chi connectivity index (χ0v) is 7.04. The van der Waals surface area contributed by atoms with E-state index in [2.05, 4.69) is 4.74 Å². The van der Waals surface area contributed by atoms with Gasteiger partial charge in [0.2, 0.25) is 0 Å². The first kappa shape index (κ1) is 11.9. The Balaban J connectivity index is 4.33. The fourth-order valence-electron chi connectivity index (χ4n) is 0.680. The van der Waals surface area contributed by atoms with E-state index in [4.69, 9.17) is 20.4 Å². The summed E-state index contributed by atoms with van der Waals surface area (Å²) in [7, 11) is 0. The number of carbonyl (C=O) groups is 1. The molecule has 0 aliphatic carbocycles. The smallest absolute Gasteiger partial charge is 0.449 e. The lowest BCUT2D eigenvalue weighted by molar-refractivity contribution is -0.0199. The number of aliphatic hydroxyl groups excluding tert-OH is 3. The minimum atomic E-state index is -1.59. The molecule has 0 spiro atoms. The van der Waals surface area contributed by atoms with E-state index in [-0.39, 0.29) is 5.76 Å². The molecule has 6 nitrogen and oxygen atoms in total. The maximum absolute atomic E-state index is 10.1. The number of aliphatic hydroxyl groups is 3. The normalized spacial score (nSPS) is 16.5. The summed E-state index contributed by atoms with van der Waals surface area (Å²) in [5, 5.41) is 34.7. The highest BCUT2D eigenvalue weighted by molar-refractivity contribution is 5.58. The van der Waals surface area contributed by atoms with Gasteiger partial charge in [0.1, 0.15) is 18.0 Å². The molecule has 4 N–H and O–H groups in total. The molecular formula is C7H12O6. The van der Waals surface area contributed by atoms with Crippen LogP contribution in [-0.4, -0.2) is 45.4 Å². The van der Waals surface area contributed by atoms with E-state index in [9.17, 15) is 4.79 Å². The lowest BCUT2D eigenvalue weighted by Gasteiger charge is -2.16. The third kappa shape index (κ3) is 3.88. The molecule has 6 heteroatoms. The first-order valence-corrected chi connectivity index (χ1v) is 3.56. The van der Waals surface area contributed by atoms with Crippen molar-refractivity contribution in [2.75, 3.05) is 6.61 Å². The zero-order valence-electron chi connectivity index (χ0n) is 7.04. The molecule has 0 bridgehead atoms. The highest BCUT2D eigenvalue weighted by Crippen LogP contribution is 2.08. The van der Waals surface area contributed by atoms with E-state index in [1.54, 1.807) is 0 Å². The molecule has 76 valence electrons. The number of hydrogen-bond donors (Lipinski definition) is 4. The van der Waals surface area contributed by atoms with Crippen LogP contribution in [0.1, 0.15) is 6.92 Å². The predicted molar refractivity (Wildman–Crippen MR) is 42.0 cm³/mol. The van der Waals surface area contributed by atoms with Gasteiger partial charge in [-0.25, -0.2) is 4.79 Å². The summed E-state index contributed by atoms with van der Waals surface area (Å²) in [6.45, 7) is 0.757. The Labute approximate surface area is 74.7 Å². The van der Waals surface area contributed by atoms with Crippen LogP contribution in [0.25, 0.3) is 0 Å². The monoisotopic (exact) mass is 192 g/mol. The first-order chi connectivity index (χ1) is 6.02. The van der Waals surface area contributed by atoms with Gasteiger partial charge in [0, 0.05) is 0 Å². The Kier molecular flexibility index (Phi) is 5.05. The van der Waals surface area contributed by atoms with Crippen molar-refractivity contribution in [3.8, 4) is 0 Å². The van der Waals surface area contributed by atoms with Crippen molar-refractivity contribution >= 4 is 6.16 Å². The van der Waals surface area contributed by atoms with Gasteiger partial charge in [-0.15, -0.1) is 0 Å². The molecule has 2 unspecified atom stereocenters. The lowest BCUT2D eigenvalue weighted by atomic mass is 10.2. The second-order valence-electron chi connectivity index (χ2n) is 2.25. The van der Waals surface area contributed by atoms with Gasteiger partial charge in [0.15, 0.2) is 0 Å². The molecule has 0 aromatic rings. The first-order valence-electron chi connectivity index (χ1n) is 3.56. The summed E-state index contributed by atoms with van der Waals surface area (Å²) in [6.07, 6.45) is -3.38. The molecular weight excluding hydrogens is 180 g/mol. The summed E-state index contributed by atoms with van der Waals surface area (Å²) in [5.41, 5.74) is 0. The van der Waals surface area contributed by atoms with Crippen LogP contribution in [0.2, 0.25) is 0 Å². The van der Waals surface area contributed by atoms with Crippen LogP contribution < -0.4 is 0 Å². The van der Waals surface area contributed by atoms with E-state index < -0.39 is 25.0 Å². The minimum absolute atomic E-state index is 0.311. The van der Waals surface area contributed by atoms with Gasteiger partial charge in [-0.1, -0.05) is 0 Å². The summed E-state index contributed by atoms with van der Waals surface area (Å²) in [6, 6.07) is 0. The largest absolute Gasteiger partial charge is 0.511 e. The molecule has 0 amide bonds. The molecule has 0 fully saturated rings. The molecule has 0 aliphatic rings. The fourth-order valence-corrected chi connectivity index (χ4v) is 0.680. The van der Waals surface area contributed by atoms with Crippen LogP contribution in [0, 0.1) is 0 Å². The molecule has 0 rings (SSSR count). The van der Waals surface area contributed by atoms with Gasteiger partial charge in [0.25, 0.3) is 0 Å². The van der Waals surface area contributed by atoms with Crippen LogP contribution in [-0.2, 0) is 4.74 Å². The van der Waals surface area contributed by atoms with Gasteiger partial charge in [-0.2, -0.15) is 0 Å². The number of rotatable bonds is 4. The average Bonchev–Trinajstić information content (AvgIpc) is 2.11. The van der Waals surface area contributed by atoms with Crippen LogP contribution in [0.15, 0.2) is 11.8 Å². The van der Waals surface area contributed by atoms with Gasteiger partial charge in [0.05, 0.1) is 6.61 Å². The SMILES string of the molecule is C/C=C(/OC(=O)O)C(O)C(O)CO. The second-order valence-corrected chi connectivity index (χ2v) is 2.25. The quantitative estimate of drug-likeness (QED) is 0.346. The Morgan fingerprint density at radius 2 is 2.08 bits per heavy atom. The highest BCUT2D eigenvalue weighted by Gasteiger charge is 2.22. The maximum Gasteiger partial charge on any atom is 0.511 e. The van der Waals surface area contributed by atoms with Crippen molar-refractivity contribution in [3.63, 3.8) is 0 Å². The number of allylic oxidation sites excluding steroid dienone is 1. The van der Waals surface area contributed by atoms with Crippen molar-refractivity contribution in [1.82, 2.24) is 0 Å². The summed E-state index contributed by atoms with van der Waals surface area (Å²) < 4.78 is 4.14. The topological polar surface area (TPSA) is 107 Å². The lowest BCUT2D eigenvalue weighted by Crippen LogP contribution is -2.32. The molecule has 0 aliphatic heterocycles. The molecule has 2 atom stereocenters. The molecule has 0 heterocycles. The number of ether oxygens (including phenoxy) is 1. The van der Waals surface area contributed by atoms with E-state index >= 15 is 0 Å². The summed E-state index contributed by atoms with van der Waals surface area (Å²) in [4.78, 5) is 10.1. The van der Waals surface area contributed by atoms with Crippen LogP contribution in [0.5, 0.6) is 0 Å². The third-order valence-corrected chi connectivity index (χ3v) is 1.33. The van der Waals surface area contributed by atoms with E-state index in [0.717, 1.165) is 0 Å². The molecule has 0 aromatic carbocycles. The molecule has 0 radical (unpaired) electrons. The van der Waals surface area contributed by atoms with Crippen molar-refractivity contribution in [1.29, 1.82) is 0 Å². The Bertz CT molecular complexity index is 199. The molecule has 0 aromatic heterocycles. The number of hydrogen-bond acceptors (Lipinski definition) is 5. The predicted octanol–water partition coefficient (Wildman–Crippen LogP) is -0.701. The number of carboxylic acid groups (broad SMARTS) is 1. The average molecular weight is 192 g/mol. The van der Waals surface area contributed by atoms with Crippen molar-refractivity contribution in [2.45, 2.75) is 19.1 Å². The van der Waals surface area contributed by atoms with E-state index in [1.165, 1.54) is 13.0 Å². The van der Waals surface area contributed by atoms with Gasteiger partial charge >= 0.3 is 6.16 Å². The fraction of sp³-hybridized carbons (Fsp3) is 0.571. The van der Waals surface area contributed by atoms with Crippen LogP contribution >= 0.6 is 0 Å².